The molecule has 0 aliphatic carbocycles. The highest BCUT2D eigenvalue weighted by Crippen LogP contribution is 2.48. The molecule has 2 heterocycles. The summed E-state index contributed by atoms with van der Waals surface area (Å²) in [7, 11) is 3.27. The van der Waals surface area contributed by atoms with Crippen molar-refractivity contribution in [2.75, 3.05) is 19.1 Å². The van der Waals surface area contributed by atoms with Crippen LogP contribution in [0.4, 0.5) is 11.4 Å². The lowest BCUT2D eigenvalue weighted by molar-refractivity contribution is 0.392. The normalized spacial score (nSPS) is 12.3. The molecule has 0 saturated carbocycles. The summed E-state index contributed by atoms with van der Waals surface area (Å²) >= 11 is 1.80. The molecule has 0 amide bonds. The summed E-state index contributed by atoms with van der Waals surface area (Å²) in [5.74, 6) is 1.41. The maximum atomic E-state index is 5.51. The van der Waals surface area contributed by atoms with Crippen molar-refractivity contribution in [1.29, 1.82) is 0 Å². The second kappa shape index (κ2) is 7.76. The molecule has 0 atom stereocenters. The lowest BCUT2D eigenvalue weighted by atomic mass is 10.2. The Kier molecular flexibility index (Phi) is 4.80. The number of nitrogens with zero attached hydrogens (tertiary/aromatic N) is 4. The standard InChI is InChI=1S/C23H20N4O2S/c1-28-17-11-12-18(21(13-17)29-2)27-15-16(24-25-27)14-26-19-7-3-5-9-22(19)30-23-10-6-4-8-20(23)26/h3-13,15H,14H2,1-2H3. The number of para-hydroxylation sites is 2. The molecule has 6 nitrogen and oxygen atoms in total. The number of hydrogen-bond donors (Lipinski definition) is 0. The maximum Gasteiger partial charge on any atom is 0.148 e. The molecule has 1 aliphatic heterocycles. The molecular formula is C23H20N4O2S. The highest BCUT2D eigenvalue weighted by Gasteiger charge is 2.24. The van der Waals surface area contributed by atoms with Crippen molar-refractivity contribution in [2.24, 2.45) is 0 Å². The van der Waals surface area contributed by atoms with E-state index in [1.165, 1.54) is 21.2 Å². The molecule has 0 fully saturated rings. The average molecular weight is 417 g/mol. The van der Waals surface area contributed by atoms with Crippen LogP contribution in [0.2, 0.25) is 0 Å². The highest BCUT2D eigenvalue weighted by molar-refractivity contribution is 7.99. The molecule has 5 rings (SSSR count). The van der Waals surface area contributed by atoms with E-state index < -0.39 is 0 Å². The van der Waals surface area contributed by atoms with Crippen LogP contribution >= 0.6 is 11.8 Å². The largest absolute Gasteiger partial charge is 0.497 e. The van der Waals surface area contributed by atoms with E-state index in [0.29, 0.717) is 12.3 Å². The van der Waals surface area contributed by atoms with Crippen LogP contribution in [0.1, 0.15) is 5.69 Å². The van der Waals surface area contributed by atoms with Gasteiger partial charge in [-0.25, -0.2) is 4.68 Å². The average Bonchev–Trinajstić information content (AvgIpc) is 3.26. The summed E-state index contributed by atoms with van der Waals surface area (Å²) in [4.78, 5) is 4.77. The number of fused-ring (bicyclic) bond motifs is 2. The Balaban J connectivity index is 1.50. The molecule has 3 aromatic carbocycles. The molecule has 30 heavy (non-hydrogen) atoms. The molecule has 150 valence electrons. The third-order valence-electron chi connectivity index (χ3n) is 5.03. The zero-order valence-electron chi connectivity index (χ0n) is 16.6. The van der Waals surface area contributed by atoms with E-state index in [1.807, 2.05) is 24.4 Å². The molecule has 7 heteroatoms. The van der Waals surface area contributed by atoms with E-state index in [1.54, 1.807) is 30.7 Å². The van der Waals surface area contributed by atoms with Crippen LogP contribution in [0, 0.1) is 0 Å². The third-order valence-corrected chi connectivity index (χ3v) is 6.16. The van der Waals surface area contributed by atoms with Crippen LogP contribution < -0.4 is 14.4 Å². The predicted octanol–water partition coefficient (Wildman–Crippen LogP) is 5.09. The molecular weight excluding hydrogens is 396 g/mol. The Morgan fingerprint density at radius 3 is 2.20 bits per heavy atom. The Hall–Kier alpha value is -3.45. The summed E-state index contributed by atoms with van der Waals surface area (Å²) in [5.41, 5.74) is 4.03. The van der Waals surface area contributed by atoms with E-state index in [9.17, 15) is 0 Å². The van der Waals surface area contributed by atoms with Gasteiger partial charge in [-0.05, 0) is 36.4 Å². The Bertz CT molecular complexity index is 1160. The van der Waals surface area contributed by atoms with Crippen molar-refractivity contribution in [3.05, 3.63) is 78.6 Å². The fourth-order valence-electron chi connectivity index (χ4n) is 3.58. The van der Waals surface area contributed by atoms with Crippen molar-refractivity contribution < 1.29 is 9.47 Å². The first kappa shape index (κ1) is 18.6. The number of anilines is 2. The summed E-state index contributed by atoms with van der Waals surface area (Å²) in [5, 5.41) is 8.77. The van der Waals surface area contributed by atoms with E-state index in [0.717, 1.165) is 17.1 Å². The number of aromatic nitrogens is 3. The maximum absolute atomic E-state index is 5.51. The van der Waals surface area contributed by atoms with E-state index in [2.05, 4.69) is 63.7 Å². The number of rotatable bonds is 5. The quantitative estimate of drug-likeness (QED) is 0.452. The molecule has 0 N–H and O–H groups in total. The first-order chi connectivity index (χ1) is 14.8. The highest BCUT2D eigenvalue weighted by atomic mass is 32.2. The van der Waals surface area contributed by atoms with Gasteiger partial charge in [-0.15, -0.1) is 5.10 Å². The van der Waals surface area contributed by atoms with E-state index in [4.69, 9.17) is 9.47 Å². The Morgan fingerprint density at radius 2 is 1.53 bits per heavy atom. The predicted molar refractivity (Wildman–Crippen MR) is 117 cm³/mol. The number of hydrogen-bond acceptors (Lipinski definition) is 6. The zero-order valence-corrected chi connectivity index (χ0v) is 17.5. The Labute approximate surface area is 179 Å². The van der Waals surface area contributed by atoms with E-state index in [-0.39, 0.29) is 0 Å². The van der Waals surface area contributed by atoms with Crippen LogP contribution in [0.25, 0.3) is 5.69 Å². The fourth-order valence-corrected chi connectivity index (χ4v) is 4.67. The van der Waals surface area contributed by atoms with Gasteiger partial charge in [0.1, 0.15) is 22.9 Å². The van der Waals surface area contributed by atoms with Crippen molar-refractivity contribution >= 4 is 23.1 Å². The molecule has 0 unspecified atom stereocenters. The number of methoxy groups -OCH3 is 2. The zero-order chi connectivity index (χ0) is 20.5. The molecule has 0 bridgehead atoms. The minimum atomic E-state index is 0.618. The van der Waals surface area contributed by atoms with Crippen molar-refractivity contribution in [2.45, 2.75) is 16.3 Å². The van der Waals surface area contributed by atoms with Gasteiger partial charge < -0.3 is 14.4 Å². The summed E-state index contributed by atoms with van der Waals surface area (Å²) in [6.45, 7) is 0.618. The van der Waals surface area contributed by atoms with Gasteiger partial charge in [-0.1, -0.05) is 41.2 Å². The number of benzene rings is 3. The van der Waals surface area contributed by atoms with Gasteiger partial charge in [-0.2, -0.15) is 0 Å². The van der Waals surface area contributed by atoms with Gasteiger partial charge in [0.05, 0.1) is 38.3 Å². The van der Waals surface area contributed by atoms with Crippen LogP contribution in [0.15, 0.2) is 82.7 Å². The lowest BCUT2D eigenvalue weighted by Crippen LogP contribution is -2.20. The smallest absolute Gasteiger partial charge is 0.148 e. The van der Waals surface area contributed by atoms with Crippen LogP contribution in [0.3, 0.4) is 0 Å². The van der Waals surface area contributed by atoms with Crippen molar-refractivity contribution in [1.82, 2.24) is 15.0 Å². The summed E-state index contributed by atoms with van der Waals surface area (Å²) in [6, 6.07) is 22.5. The Morgan fingerprint density at radius 1 is 0.833 bits per heavy atom. The van der Waals surface area contributed by atoms with E-state index >= 15 is 0 Å². The van der Waals surface area contributed by atoms with Gasteiger partial charge in [-0.3, -0.25) is 0 Å². The second-order valence-corrected chi connectivity index (χ2v) is 7.90. The molecule has 0 spiro atoms. The molecule has 1 aromatic heterocycles. The number of ether oxygens (including phenoxy) is 2. The van der Waals surface area contributed by atoms with Crippen LogP contribution in [-0.4, -0.2) is 29.2 Å². The van der Waals surface area contributed by atoms with Gasteiger partial charge >= 0.3 is 0 Å². The summed E-state index contributed by atoms with van der Waals surface area (Å²) in [6.07, 6.45) is 1.94. The summed E-state index contributed by atoms with van der Waals surface area (Å²) < 4.78 is 12.5. The minimum absolute atomic E-state index is 0.618. The third kappa shape index (κ3) is 3.27. The molecule has 4 aromatic rings. The van der Waals surface area contributed by atoms with Crippen molar-refractivity contribution in [3.8, 4) is 17.2 Å². The molecule has 0 saturated heterocycles. The topological polar surface area (TPSA) is 52.4 Å². The van der Waals surface area contributed by atoms with Gasteiger partial charge in [0.2, 0.25) is 0 Å². The first-order valence-electron chi connectivity index (χ1n) is 9.54. The monoisotopic (exact) mass is 416 g/mol. The van der Waals surface area contributed by atoms with Gasteiger partial charge in [0.15, 0.2) is 0 Å². The van der Waals surface area contributed by atoms with Crippen LogP contribution in [-0.2, 0) is 6.54 Å². The SMILES string of the molecule is COc1ccc(-n2cc(CN3c4ccccc4Sc4ccccc43)nn2)c(OC)c1. The first-order valence-corrected chi connectivity index (χ1v) is 10.4. The second-order valence-electron chi connectivity index (χ2n) is 6.82. The molecule has 0 radical (unpaired) electrons. The minimum Gasteiger partial charge on any atom is -0.497 e. The lowest BCUT2D eigenvalue weighted by Gasteiger charge is -2.32. The van der Waals surface area contributed by atoms with Crippen molar-refractivity contribution in [3.63, 3.8) is 0 Å². The van der Waals surface area contributed by atoms with Gasteiger partial charge in [0, 0.05) is 15.9 Å². The van der Waals surface area contributed by atoms with Gasteiger partial charge in [0.25, 0.3) is 0 Å². The molecule has 1 aliphatic rings. The fraction of sp³-hybridized carbons (Fsp3) is 0.130. The van der Waals surface area contributed by atoms with Crippen LogP contribution in [0.5, 0.6) is 11.5 Å².